The fourth-order valence-corrected chi connectivity index (χ4v) is 3.25. The monoisotopic (exact) mass is 277 g/mol. The maximum Gasteiger partial charge on any atom is 0.0954 e. The number of hydrogen-bond acceptors (Lipinski definition) is 4. The third kappa shape index (κ3) is 3.04. The summed E-state index contributed by atoms with van der Waals surface area (Å²) >= 11 is 0. The molecule has 2 aliphatic heterocycles. The Morgan fingerprint density at radius 3 is 3.00 bits per heavy atom. The Kier molecular flexibility index (Phi) is 4.36. The van der Waals surface area contributed by atoms with Gasteiger partial charge in [0, 0.05) is 19.6 Å². The van der Waals surface area contributed by atoms with E-state index in [0.717, 1.165) is 32.7 Å². The maximum absolute atomic E-state index is 9.31. The fourth-order valence-electron chi connectivity index (χ4n) is 3.25. The second-order valence-electron chi connectivity index (χ2n) is 5.78. The minimum Gasteiger partial charge on any atom is -0.394 e. The van der Waals surface area contributed by atoms with Gasteiger partial charge in [-0.2, -0.15) is 0 Å². The van der Waals surface area contributed by atoms with E-state index in [1.54, 1.807) is 0 Å². The van der Waals surface area contributed by atoms with Gasteiger partial charge in [-0.25, -0.2) is 0 Å². The third-order valence-electron chi connectivity index (χ3n) is 4.12. The highest BCUT2D eigenvalue weighted by atomic mass is 16.5. The van der Waals surface area contributed by atoms with Crippen molar-refractivity contribution in [1.29, 1.82) is 0 Å². The zero-order valence-corrected chi connectivity index (χ0v) is 12.0. The molecule has 20 heavy (non-hydrogen) atoms. The number of ether oxygens (including phenoxy) is 2. The van der Waals surface area contributed by atoms with E-state index in [2.05, 4.69) is 36.1 Å². The molecule has 0 spiro atoms. The van der Waals surface area contributed by atoms with Crippen LogP contribution in [-0.2, 0) is 15.9 Å². The van der Waals surface area contributed by atoms with Gasteiger partial charge in [-0.1, -0.05) is 24.3 Å². The Bertz CT molecular complexity index is 451. The molecule has 0 saturated carbocycles. The molecule has 2 aliphatic rings. The zero-order chi connectivity index (χ0) is 13.9. The molecule has 1 aromatic carbocycles. The summed E-state index contributed by atoms with van der Waals surface area (Å²) in [5.41, 5.74) is 2.72. The molecular formula is C16H23NO3. The molecule has 3 rings (SSSR count). The third-order valence-corrected chi connectivity index (χ3v) is 4.12. The van der Waals surface area contributed by atoms with Gasteiger partial charge >= 0.3 is 0 Å². The van der Waals surface area contributed by atoms with Gasteiger partial charge in [-0.05, 0) is 24.5 Å². The van der Waals surface area contributed by atoms with Gasteiger partial charge < -0.3 is 14.6 Å². The average Bonchev–Trinajstić information content (AvgIpc) is 2.47. The minimum atomic E-state index is -0.0717. The Hall–Kier alpha value is -0.940. The van der Waals surface area contributed by atoms with E-state index < -0.39 is 0 Å². The lowest BCUT2D eigenvalue weighted by Gasteiger charge is -2.38. The van der Waals surface area contributed by atoms with Crippen molar-refractivity contribution in [2.24, 2.45) is 0 Å². The van der Waals surface area contributed by atoms with E-state index in [0.29, 0.717) is 0 Å². The number of hydrogen-bond donors (Lipinski definition) is 1. The number of rotatable bonds is 3. The van der Waals surface area contributed by atoms with Gasteiger partial charge in [0.25, 0.3) is 0 Å². The summed E-state index contributed by atoms with van der Waals surface area (Å²) in [5, 5.41) is 9.31. The molecule has 1 fully saturated rings. The quantitative estimate of drug-likeness (QED) is 0.906. The summed E-state index contributed by atoms with van der Waals surface area (Å²) < 4.78 is 11.7. The average molecular weight is 277 g/mol. The van der Waals surface area contributed by atoms with Gasteiger partial charge in [-0.3, -0.25) is 4.90 Å². The molecule has 3 unspecified atom stereocenters. The summed E-state index contributed by atoms with van der Waals surface area (Å²) in [4.78, 5) is 2.35. The summed E-state index contributed by atoms with van der Waals surface area (Å²) in [6, 6.07) is 8.55. The number of nitrogens with zero attached hydrogens (tertiary/aromatic N) is 1. The topological polar surface area (TPSA) is 41.9 Å². The Morgan fingerprint density at radius 1 is 1.30 bits per heavy atom. The Labute approximate surface area is 120 Å². The molecule has 1 saturated heterocycles. The van der Waals surface area contributed by atoms with Gasteiger partial charge in [0.2, 0.25) is 0 Å². The standard InChI is InChI=1S/C16H23NO3/c1-12-8-17(9-14(11-18)20-12)10-16-15-5-3-2-4-13(15)6-7-19-16/h2-5,12,14,16,18H,6-11H2,1H3. The van der Waals surface area contributed by atoms with Crippen LogP contribution in [0.15, 0.2) is 24.3 Å². The molecule has 4 heteroatoms. The van der Waals surface area contributed by atoms with Gasteiger partial charge in [0.05, 0.1) is 31.5 Å². The van der Waals surface area contributed by atoms with Gasteiger partial charge in [0.15, 0.2) is 0 Å². The SMILES string of the molecule is CC1CN(CC2OCCc3ccccc32)CC(CO)O1. The van der Waals surface area contributed by atoms with Crippen molar-refractivity contribution < 1.29 is 14.6 Å². The van der Waals surface area contributed by atoms with Crippen molar-refractivity contribution >= 4 is 0 Å². The van der Waals surface area contributed by atoms with Crippen LogP contribution in [0.1, 0.15) is 24.2 Å². The van der Waals surface area contributed by atoms with E-state index in [9.17, 15) is 5.11 Å². The van der Waals surface area contributed by atoms with Crippen LogP contribution in [0.3, 0.4) is 0 Å². The van der Waals surface area contributed by atoms with Crippen molar-refractivity contribution in [1.82, 2.24) is 4.90 Å². The maximum atomic E-state index is 9.31. The fraction of sp³-hybridized carbons (Fsp3) is 0.625. The molecular weight excluding hydrogens is 254 g/mol. The van der Waals surface area contributed by atoms with Crippen molar-refractivity contribution in [3.63, 3.8) is 0 Å². The molecule has 0 bridgehead atoms. The van der Waals surface area contributed by atoms with Crippen molar-refractivity contribution in [2.75, 3.05) is 32.8 Å². The highest BCUT2D eigenvalue weighted by Gasteiger charge is 2.29. The summed E-state index contributed by atoms with van der Waals surface area (Å²) in [7, 11) is 0. The lowest BCUT2D eigenvalue weighted by Crippen LogP contribution is -2.49. The number of fused-ring (bicyclic) bond motifs is 1. The second-order valence-corrected chi connectivity index (χ2v) is 5.78. The molecule has 0 radical (unpaired) electrons. The van der Waals surface area contributed by atoms with Crippen LogP contribution >= 0.6 is 0 Å². The first kappa shape index (κ1) is 14.0. The zero-order valence-electron chi connectivity index (χ0n) is 12.0. The van der Waals surface area contributed by atoms with Crippen molar-refractivity contribution in [3.05, 3.63) is 35.4 Å². The Morgan fingerprint density at radius 2 is 2.15 bits per heavy atom. The first-order chi connectivity index (χ1) is 9.76. The minimum absolute atomic E-state index is 0.0717. The lowest BCUT2D eigenvalue weighted by molar-refractivity contribution is -0.106. The predicted octanol–water partition coefficient (Wildman–Crippen LogP) is 1.38. The van der Waals surface area contributed by atoms with Crippen LogP contribution in [0.2, 0.25) is 0 Å². The molecule has 1 N–H and O–H groups in total. The summed E-state index contributed by atoms with van der Waals surface area (Å²) in [5.74, 6) is 0. The molecule has 0 aromatic heterocycles. The van der Waals surface area contributed by atoms with Crippen molar-refractivity contribution in [2.45, 2.75) is 31.7 Å². The van der Waals surface area contributed by atoms with Crippen LogP contribution < -0.4 is 0 Å². The number of benzene rings is 1. The molecule has 0 aliphatic carbocycles. The number of morpholine rings is 1. The van der Waals surface area contributed by atoms with Crippen LogP contribution in [0.25, 0.3) is 0 Å². The molecule has 2 heterocycles. The summed E-state index contributed by atoms with van der Waals surface area (Å²) in [6.45, 7) is 5.50. The summed E-state index contributed by atoms with van der Waals surface area (Å²) in [6.07, 6.45) is 1.24. The van der Waals surface area contributed by atoms with Crippen LogP contribution in [0.4, 0.5) is 0 Å². The molecule has 110 valence electrons. The Balaban J connectivity index is 1.69. The normalized spacial score (nSPS) is 31.0. The molecule has 3 atom stereocenters. The number of aliphatic hydroxyl groups is 1. The van der Waals surface area contributed by atoms with E-state index in [-0.39, 0.29) is 24.9 Å². The first-order valence-corrected chi connectivity index (χ1v) is 7.44. The van der Waals surface area contributed by atoms with E-state index in [1.165, 1.54) is 11.1 Å². The highest BCUT2D eigenvalue weighted by Crippen LogP contribution is 2.28. The predicted molar refractivity (Wildman–Crippen MR) is 76.7 cm³/mol. The van der Waals surface area contributed by atoms with Gasteiger partial charge in [-0.15, -0.1) is 0 Å². The van der Waals surface area contributed by atoms with Gasteiger partial charge in [0.1, 0.15) is 0 Å². The highest BCUT2D eigenvalue weighted by molar-refractivity contribution is 5.31. The smallest absolute Gasteiger partial charge is 0.0954 e. The first-order valence-electron chi connectivity index (χ1n) is 7.44. The van der Waals surface area contributed by atoms with E-state index in [1.807, 2.05) is 0 Å². The molecule has 4 nitrogen and oxygen atoms in total. The molecule has 0 amide bonds. The number of aliphatic hydroxyl groups excluding tert-OH is 1. The van der Waals surface area contributed by atoms with Crippen LogP contribution in [0, 0.1) is 0 Å². The second kappa shape index (κ2) is 6.22. The van der Waals surface area contributed by atoms with E-state index in [4.69, 9.17) is 9.47 Å². The van der Waals surface area contributed by atoms with Crippen LogP contribution in [-0.4, -0.2) is 55.1 Å². The van der Waals surface area contributed by atoms with E-state index >= 15 is 0 Å². The van der Waals surface area contributed by atoms with Crippen LogP contribution in [0.5, 0.6) is 0 Å². The largest absolute Gasteiger partial charge is 0.394 e. The van der Waals surface area contributed by atoms with Crippen molar-refractivity contribution in [3.8, 4) is 0 Å². The molecule has 1 aromatic rings. The lowest BCUT2D eigenvalue weighted by atomic mass is 9.97.